The lowest BCUT2D eigenvalue weighted by Gasteiger charge is -2.60. The molecule has 0 aliphatic heterocycles. The van der Waals surface area contributed by atoms with E-state index < -0.39 is 5.97 Å². The molecule has 8 atom stereocenters. The number of ketones is 1. The molecule has 0 heterocycles. The van der Waals surface area contributed by atoms with Crippen LogP contribution in [0.2, 0.25) is 0 Å². The average Bonchev–Trinajstić information content (AvgIpc) is 2.99. The number of carbonyl (C=O) groups excluding carboxylic acids is 1. The van der Waals surface area contributed by atoms with Gasteiger partial charge in [0.2, 0.25) is 0 Å². The summed E-state index contributed by atoms with van der Waals surface area (Å²) in [6, 6.07) is 0. The third kappa shape index (κ3) is 2.90. The maximum atomic E-state index is 13.6. The predicted octanol–water partition coefficient (Wildman–Crippen LogP) is 5.72. The Hall–Kier alpha value is -0.860. The van der Waals surface area contributed by atoms with Crippen LogP contribution >= 0.6 is 0 Å². The second-order valence-corrected chi connectivity index (χ2v) is 10.9. The summed E-state index contributed by atoms with van der Waals surface area (Å²) < 4.78 is 0. The Morgan fingerprint density at radius 1 is 1.11 bits per heavy atom. The van der Waals surface area contributed by atoms with Gasteiger partial charge in [0, 0.05) is 18.3 Å². The van der Waals surface area contributed by atoms with Crippen LogP contribution in [0.4, 0.5) is 0 Å². The Kier molecular flexibility index (Phi) is 4.96. The molecule has 3 heteroatoms. The average molecular weight is 375 g/mol. The van der Waals surface area contributed by atoms with Crippen molar-refractivity contribution in [3.8, 4) is 0 Å². The summed E-state index contributed by atoms with van der Waals surface area (Å²) in [4.78, 5) is 24.6. The van der Waals surface area contributed by atoms with Crippen LogP contribution in [-0.2, 0) is 9.59 Å². The molecule has 4 aliphatic carbocycles. The van der Waals surface area contributed by atoms with Gasteiger partial charge in [-0.05, 0) is 85.9 Å². The van der Waals surface area contributed by atoms with Gasteiger partial charge in [-0.15, -0.1) is 0 Å². The first-order valence-electron chi connectivity index (χ1n) is 11.5. The summed E-state index contributed by atoms with van der Waals surface area (Å²) in [6.07, 6.45) is 12.2. The molecule has 152 valence electrons. The van der Waals surface area contributed by atoms with E-state index in [0.29, 0.717) is 41.3 Å². The zero-order valence-corrected chi connectivity index (χ0v) is 17.5. The fraction of sp³-hybridized carbons (Fsp3) is 0.917. The molecular weight excluding hydrogens is 336 g/mol. The van der Waals surface area contributed by atoms with E-state index in [4.69, 9.17) is 5.11 Å². The maximum absolute atomic E-state index is 13.6. The van der Waals surface area contributed by atoms with Crippen LogP contribution in [0.1, 0.15) is 91.4 Å². The van der Waals surface area contributed by atoms with E-state index >= 15 is 0 Å². The highest BCUT2D eigenvalue weighted by molar-refractivity contribution is 5.87. The van der Waals surface area contributed by atoms with Gasteiger partial charge in [0.05, 0.1) is 0 Å². The largest absolute Gasteiger partial charge is 0.481 e. The van der Waals surface area contributed by atoms with Crippen molar-refractivity contribution in [2.45, 2.75) is 91.4 Å². The third-order valence-corrected chi connectivity index (χ3v) is 10.0. The smallest absolute Gasteiger partial charge is 0.303 e. The van der Waals surface area contributed by atoms with Crippen LogP contribution in [0.25, 0.3) is 0 Å². The minimum Gasteiger partial charge on any atom is -0.481 e. The normalized spacial score (nSPS) is 47.7. The van der Waals surface area contributed by atoms with Crippen LogP contribution in [0.15, 0.2) is 0 Å². The Bertz CT molecular complexity index is 613. The minimum absolute atomic E-state index is 0.197. The topological polar surface area (TPSA) is 54.4 Å². The van der Waals surface area contributed by atoms with Crippen molar-refractivity contribution >= 4 is 11.8 Å². The van der Waals surface area contributed by atoms with Gasteiger partial charge in [-0.2, -0.15) is 0 Å². The van der Waals surface area contributed by atoms with E-state index in [0.717, 1.165) is 24.7 Å². The molecule has 0 aromatic rings. The quantitative estimate of drug-likeness (QED) is 0.685. The minimum atomic E-state index is -0.708. The molecule has 0 aromatic heterocycles. The van der Waals surface area contributed by atoms with Gasteiger partial charge in [-0.25, -0.2) is 0 Å². The molecule has 0 spiro atoms. The zero-order chi connectivity index (χ0) is 19.4. The van der Waals surface area contributed by atoms with Crippen molar-refractivity contribution in [2.75, 3.05) is 0 Å². The van der Waals surface area contributed by atoms with E-state index in [9.17, 15) is 9.59 Å². The van der Waals surface area contributed by atoms with Gasteiger partial charge in [-0.3, -0.25) is 9.59 Å². The van der Waals surface area contributed by atoms with Crippen molar-refractivity contribution < 1.29 is 14.7 Å². The molecule has 1 N–H and O–H groups in total. The van der Waals surface area contributed by atoms with Crippen LogP contribution in [0.5, 0.6) is 0 Å². The highest BCUT2D eigenvalue weighted by Crippen LogP contribution is 2.67. The molecular formula is C24H38O3. The lowest BCUT2D eigenvalue weighted by molar-refractivity contribution is -0.157. The van der Waals surface area contributed by atoms with Crippen LogP contribution < -0.4 is 0 Å². The summed E-state index contributed by atoms with van der Waals surface area (Å²) in [5.41, 5.74) is 0.197. The number of carboxylic acid groups (broad SMARTS) is 1. The first-order valence-corrected chi connectivity index (χ1v) is 11.5. The predicted molar refractivity (Wildman–Crippen MR) is 106 cm³/mol. The number of carbonyl (C=O) groups is 2. The highest BCUT2D eigenvalue weighted by atomic mass is 16.4. The van der Waals surface area contributed by atoms with E-state index in [1.165, 1.54) is 44.9 Å². The number of carboxylic acids is 1. The van der Waals surface area contributed by atoms with Crippen LogP contribution in [0.3, 0.4) is 0 Å². The number of hydrogen-bond donors (Lipinski definition) is 1. The molecule has 4 saturated carbocycles. The first-order chi connectivity index (χ1) is 12.8. The number of aliphatic carboxylic acids is 1. The van der Waals surface area contributed by atoms with Crippen molar-refractivity contribution in [3.05, 3.63) is 0 Å². The molecule has 3 nitrogen and oxygen atoms in total. The van der Waals surface area contributed by atoms with E-state index in [2.05, 4.69) is 20.8 Å². The summed E-state index contributed by atoms with van der Waals surface area (Å²) in [6.45, 7) is 6.98. The van der Waals surface area contributed by atoms with Crippen LogP contribution in [-0.4, -0.2) is 16.9 Å². The van der Waals surface area contributed by atoms with E-state index in [1.807, 2.05) is 0 Å². The summed E-state index contributed by atoms with van der Waals surface area (Å²) in [5, 5.41) is 9.08. The number of Topliss-reactive ketones (excluding diaryl/α,β-unsaturated/α-hetero) is 1. The summed E-state index contributed by atoms with van der Waals surface area (Å²) >= 11 is 0. The Balaban J connectivity index is 1.58. The lowest BCUT2D eigenvalue weighted by atomic mass is 9.44. The molecule has 27 heavy (non-hydrogen) atoms. The number of fused-ring (bicyclic) bond motifs is 5. The molecule has 0 amide bonds. The van der Waals surface area contributed by atoms with Gasteiger partial charge in [-0.1, -0.05) is 33.6 Å². The summed E-state index contributed by atoms with van der Waals surface area (Å²) in [7, 11) is 0. The van der Waals surface area contributed by atoms with Crippen LogP contribution in [0, 0.1) is 46.3 Å². The van der Waals surface area contributed by atoms with Gasteiger partial charge in [0.1, 0.15) is 5.78 Å². The molecule has 0 saturated heterocycles. The van der Waals surface area contributed by atoms with Gasteiger partial charge in [0.15, 0.2) is 0 Å². The maximum Gasteiger partial charge on any atom is 0.303 e. The second kappa shape index (κ2) is 6.88. The Morgan fingerprint density at radius 2 is 1.89 bits per heavy atom. The molecule has 4 rings (SSSR count). The molecule has 0 bridgehead atoms. The SMILES string of the molecule is C[C@H](CCC(=O)O)[C@H]1CC[C@@H]2[C@H]3CC[C@H]4CCCC[C@]4(C)[C@@H]3CC(=O)[C@@]21C. The molecule has 0 unspecified atom stereocenters. The highest BCUT2D eigenvalue weighted by Gasteiger charge is 2.63. The van der Waals surface area contributed by atoms with Gasteiger partial charge >= 0.3 is 5.97 Å². The molecule has 0 aromatic carbocycles. The number of rotatable bonds is 4. The fourth-order valence-corrected chi connectivity index (χ4v) is 8.50. The first kappa shape index (κ1) is 19.5. The van der Waals surface area contributed by atoms with Crippen molar-refractivity contribution in [2.24, 2.45) is 46.3 Å². The monoisotopic (exact) mass is 374 g/mol. The fourth-order valence-electron chi connectivity index (χ4n) is 8.50. The van der Waals surface area contributed by atoms with Gasteiger partial charge < -0.3 is 5.11 Å². The lowest BCUT2D eigenvalue weighted by Crippen LogP contribution is -2.56. The number of hydrogen-bond acceptors (Lipinski definition) is 2. The molecule has 4 aliphatic rings. The molecule has 0 radical (unpaired) electrons. The Labute approximate surface area is 164 Å². The van der Waals surface area contributed by atoms with E-state index in [1.54, 1.807) is 0 Å². The zero-order valence-electron chi connectivity index (χ0n) is 17.5. The standard InChI is InChI=1S/C24H38O3/c1-15(7-12-22(26)27)18-10-11-19-17-9-8-16-6-4-5-13-23(16,2)20(17)14-21(25)24(18,19)3/h15-20H,4-14H2,1-3H3,(H,26,27)/t15-,16-,17-,18-,19-,20-,23+,24-/m1/s1. The van der Waals surface area contributed by atoms with Crippen molar-refractivity contribution in [1.29, 1.82) is 0 Å². The van der Waals surface area contributed by atoms with E-state index in [-0.39, 0.29) is 11.8 Å². The van der Waals surface area contributed by atoms with Crippen molar-refractivity contribution in [3.63, 3.8) is 0 Å². The second-order valence-electron chi connectivity index (χ2n) is 10.9. The summed E-state index contributed by atoms with van der Waals surface area (Å²) in [5.74, 6) is 3.24. The third-order valence-electron chi connectivity index (χ3n) is 10.0. The van der Waals surface area contributed by atoms with Gasteiger partial charge in [0.25, 0.3) is 0 Å². The molecule has 4 fully saturated rings. The Morgan fingerprint density at radius 3 is 2.63 bits per heavy atom. The van der Waals surface area contributed by atoms with Crippen molar-refractivity contribution in [1.82, 2.24) is 0 Å².